The Labute approximate surface area is 199 Å². The van der Waals surface area contributed by atoms with E-state index in [9.17, 15) is 0 Å². The molecule has 0 atom stereocenters. The summed E-state index contributed by atoms with van der Waals surface area (Å²) in [6.07, 6.45) is 1.000. The molecule has 1 aromatic carbocycles. The molecule has 0 amide bonds. The first kappa shape index (κ1) is 21.5. The SMILES string of the molecule is CCc1c(-c2nnc(SCc3csc(-c4ccc5c(c4)OCO5)n3)n2C(C)C)csc1C. The second kappa shape index (κ2) is 8.88. The van der Waals surface area contributed by atoms with Gasteiger partial charge in [-0.05, 0) is 51.0 Å². The molecule has 0 spiro atoms. The Kier molecular flexibility index (Phi) is 5.96. The van der Waals surface area contributed by atoms with Crippen molar-refractivity contribution in [2.24, 2.45) is 0 Å². The molecule has 0 aliphatic carbocycles. The number of fused-ring (bicyclic) bond motifs is 1. The lowest BCUT2D eigenvalue weighted by Crippen LogP contribution is -2.05. The lowest BCUT2D eigenvalue weighted by molar-refractivity contribution is 0.174. The summed E-state index contributed by atoms with van der Waals surface area (Å²) < 4.78 is 13.1. The van der Waals surface area contributed by atoms with E-state index in [2.05, 4.69) is 53.2 Å². The second-order valence-electron chi connectivity index (χ2n) is 7.81. The van der Waals surface area contributed by atoms with Crippen molar-refractivity contribution in [2.45, 2.75) is 51.1 Å². The average molecular weight is 485 g/mol. The molecule has 0 N–H and O–H groups in total. The molecule has 0 saturated carbocycles. The number of thiazole rings is 1. The van der Waals surface area contributed by atoms with Crippen LogP contribution in [0.3, 0.4) is 0 Å². The summed E-state index contributed by atoms with van der Waals surface area (Å²) in [6.45, 7) is 9.02. The van der Waals surface area contributed by atoms with E-state index in [1.165, 1.54) is 16.0 Å². The zero-order valence-corrected chi connectivity index (χ0v) is 20.9. The molecule has 4 heterocycles. The standard InChI is InChI=1S/C23H24N4O2S3/c1-5-17-14(4)30-11-18(17)21-25-26-23(27(21)13(2)3)32-10-16-9-31-22(24-16)15-6-7-19-20(8-15)29-12-28-19/h6-9,11,13H,5,10,12H2,1-4H3. The maximum Gasteiger partial charge on any atom is 0.231 e. The number of hydrogen-bond acceptors (Lipinski definition) is 8. The zero-order chi connectivity index (χ0) is 22.2. The molecule has 0 fully saturated rings. The van der Waals surface area contributed by atoms with Gasteiger partial charge < -0.3 is 9.47 Å². The van der Waals surface area contributed by atoms with E-state index in [0.717, 1.165) is 50.9 Å². The van der Waals surface area contributed by atoms with Crippen LogP contribution in [0, 0.1) is 6.92 Å². The van der Waals surface area contributed by atoms with Crippen LogP contribution in [-0.4, -0.2) is 26.5 Å². The number of thioether (sulfide) groups is 1. The van der Waals surface area contributed by atoms with E-state index in [1.54, 1.807) is 34.4 Å². The smallest absolute Gasteiger partial charge is 0.231 e. The van der Waals surface area contributed by atoms with Gasteiger partial charge in [-0.15, -0.1) is 32.9 Å². The van der Waals surface area contributed by atoms with Crippen molar-refractivity contribution in [2.75, 3.05) is 6.79 Å². The summed E-state index contributed by atoms with van der Waals surface area (Å²) in [4.78, 5) is 6.19. The molecule has 0 saturated heterocycles. The minimum absolute atomic E-state index is 0.270. The summed E-state index contributed by atoms with van der Waals surface area (Å²) in [5, 5.41) is 15.4. The first-order chi connectivity index (χ1) is 15.5. The largest absolute Gasteiger partial charge is 0.454 e. The Hall–Kier alpha value is -2.36. The van der Waals surface area contributed by atoms with Crippen LogP contribution in [0.15, 0.2) is 34.1 Å². The van der Waals surface area contributed by atoms with Gasteiger partial charge >= 0.3 is 0 Å². The fraction of sp³-hybridized carbons (Fsp3) is 0.348. The van der Waals surface area contributed by atoms with Gasteiger partial charge in [0.15, 0.2) is 22.5 Å². The van der Waals surface area contributed by atoms with E-state index < -0.39 is 0 Å². The molecule has 0 bridgehead atoms. The molecule has 5 rings (SSSR count). The van der Waals surface area contributed by atoms with Crippen LogP contribution in [0.1, 0.15) is 42.9 Å². The summed E-state index contributed by atoms with van der Waals surface area (Å²) >= 11 is 5.11. The number of nitrogens with zero attached hydrogens (tertiary/aromatic N) is 4. The molecular formula is C23H24N4O2S3. The summed E-state index contributed by atoms with van der Waals surface area (Å²) in [5.41, 5.74) is 4.66. The van der Waals surface area contributed by atoms with Crippen molar-refractivity contribution in [3.63, 3.8) is 0 Å². The molecule has 0 unspecified atom stereocenters. The molecule has 6 nitrogen and oxygen atoms in total. The highest BCUT2D eigenvalue weighted by Crippen LogP contribution is 2.38. The Morgan fingerprint density at radius 3 is 2.78 bits per heavy atom. The van der Waals surface area contributed by atoms with Gasteiger partial charge in [0.1, 0.15) is 5.01 Å². The normalized spacial score (nSPS) is 12.8. The maximum absolute atomic E-state index is 5.50. The predicted octanol–water partition coefficient (Wildman–Crippen LogP) is 6.60. The lowest BCUT2D eigenvalue weighted by Gasteiger charge is -2.14. The van der Waals surface area contributed by atoms with E-state index in [0.29, 0.717) is 0 Å². The van der Waals surface area contributed by atoms with Crippen LogP contribution in [0.25, 0.3) is 22.0 Å². The third kappa shape index (κ3) is 3.93. The van der Waals surface area contributed by atoms with Crippen molar-refractivity contribution in [3.8, 4) is 33.5 Å². The molecule has 3 aromatic heterocycles. The second-order valence-corrected chi connectivity index (χ2v) is 10.7. The summed E-state index contributed by atoms with van der Waals surface area (Å²) in [6, 6.07) is 6.23. The van der Waals surface area contributed by atoms with Gasteiger partial charge in [0.2, 0.25) is 6.79 Å². The Bertz CT molecular complexity index is 1260. The van der Waals surface area contributed by atoms with Crippen LogP contribution < -0.4 is 9.47 Å². The van der Waals surface area contributed by atoms with Gasteiger partial charge in [0.05, 0.1) is 5.69 Å². The molecule has 1 aliphatic rings. The molecule has 4 aromatic rings. The topological polar surface area (TPSA) is 62.1 Å². The van der Waals surface area contributed by atoms with Crippen molar-refractivity contribution in [1.82, 2.24) is 19.7 Å². The zero-order valence-electron chi connectivity index (χ0n) is 18.4. The third-order valence-electron chi connectivity index (χ3n) is 5.40. The number of aromatic nitrogens is 4. The minimum atomic E-state index is 0.270. The van der Waals surface area contributed by atoms with E-state index >= 15 is 0 Å². The Balaban J connectivity index is 1.36. The van der Waals surface area contributed by atoms with E-state index in [-0.39, 0.29) is 12.8 Å². The number of thiophene rings is 1. The number of hydrogen-bond donors (Lipinski definition) is 0. The lowest BCUT2D eigenvalue weighted by atomic mass is 10.1. The maximum atomic E-state index is 5.50. The predicted molar refractivity (Wildman–Crippen MR) is 131 cm³/mol. The van der Waals surface area contributed by atoms with E-state index in [4.69, 9.17) is 14.5 Å². The number of ether oxygens (including phenoxy) is 2. The Morgan fingerprint density at radius 1 is 1.12 bits per heavy atom. The summed E-state index contributed by atoms with van der Waals surface area (Å²) in [7, 11) is 0. The van der Waals surface area contributed by atoms with Gasteiger partial charge in [-0.25, -0.2) is 4.98 Å². The first-order valence-corrected chi connectivity index (χ1v) is 13.3. The molecule has 0 radical (unpaired) electrons. The monoisotopic (exact) mass is 484 g/mol. The van der Waals surface area contributed by atoms with Gasteiger partial charge in [0, 0.05) is 38.6 Å². The van der Waals surface area contributed by atoms with Crippen LogP contribution in [0.5, 0.6) is 11.5 Å². The highest BCUT2D eigenvalue weighted by Gasteiger charge is 2.21. The molecule has 1 aliphatic heterocycles. The molecule has 32 heavy (non-hydrogen) atoms. The van der Waals surface area contributed by atoms with Crippen LogP contribution in [0.2, 0.25) is 0 Å². The fourth-order valence-corrected chi connectivity index (χ4v) is 6.63. The average Bonchev–Trinajstić information content (AvgIpc) is 3.56. The quantitative estimate of drug-likeness (QED) is 0.275. The van der Waals surface area contributed by atoms with Gasteiger partial charge in [0.25, 0.3) is 0 Å². The van der Waals surface area contributed by atoms with Crippen molar-refractivity contribution in [3.05, 3.63) is 45.1 Å². The van der Waals surface area contributed by atoms with Crippen molar-refractivity contribution in [1.29, 1.82) is 0 Å². The molecule has 166 valence electrons. The van der Waals surface area contributed by atoms with Crippen molar-refractivity contribution < 1.29 is 9.47 Å². The highest BCUT2D eigenvalue weighted by atomic mass is 32.2. The van der Waals surface area contributed by atoms with Gasteiger partial charge in [-0.1, -0.05) is 18.7 Å². The fourth-order valence-electron chi connectivity index (χ4n) is 3.80. The van der Waals surface area contributed by atoms with Gasteiger partial charge in [-0.3, -0.25) is 4.57 Å². The van der Waals surface area contributed by atoms with Crippen LogP contribution in [0.4, 0.5) is 0 Å². The third-order valence-corrected chi connectivity index (χ3v) is 8.27. The van der Waals surface area contributed by atoms with Crippen molar-refractivity contribution >= 4 is 34.4 Å². The summed E-state index contributed by atoms with van der Waals surface area (Å²) in [5.74, 6) is 3.27. The Morgan fingerprint density at radius 2 is 1.97 bits per heavy atom. The first-order valence-electron chi connectivity index (χ1n) is 10.5. The highest BCUT2D eigenvalue weighted by molar-refractivity contribution is 7.98. The van der Waals surface area contributed by atoms with Crippen LogP contribution in [-0.2, 0) is 12.2 Å². The van der Waals surface area contributed by atoms with Crippen LogP contribution >= 0.6 is 34.4 Å². The number of benzene rings is 1. The minimum Gasteiger partial charge on any atom is -0.454 e. The number of aryl methyl sites for hydroxylation is 1. The van der Waals surface area contributed by atoms with Gasteiger partial charge in [-0.2, -0.15) is 0 Å². The van der Waals surface area contributed by atoms with E-state index in [1.807, 2.05) is 18.2 Å². The molecular weight excluding hydrogens is 460 g/mol. The molecule has 9 heteroatoms. The number of rotatable bonds is 7.